The Balaban J connectivity index is 1.61. The Morgan fingerprint density at radius 1 is 1.00 bits per heavy atom. The van der Waals surface area contributed by atoms with Crippen LogP contribution >= 0.6 is 0 Å². The monoisotopic (exact) mass is 543 g/mol. The summed E-state index contributed by atoms with van der Waals surface area (Å²) in [5.41, 5.74) is 2.64. The van der Waals surface area contributed by atoms with Crippen LogP contribution in [0.3, 0.4) is 0 Å². The predicted octanol–water partition coefficient (Wildman–Crippen LogP) is 6.09. The first-order valence-corrected chi connectivity index (χ1v) is 13.6. The van der Waals surface area contributed by atoms with Gasteiger partial charge >= 0.3 is 0 Å². The summed E-state index contributed by atoms with van der Waals surface area (Å²) in [6.07, 6.45) is 6.86. The molecular weight excluding hydrogens is 509 g/mol. The molecule has 1 aliphatic carbocycles. The molecule has 1 fully saturated rings. The van der Waals surface area contributed by atoms with Gasteiger partial charge in [0.15, 0.2) is 0 Å². The number of aromatic amines is 1. The van der Waals surface area contributed by atoms with Crippen LogP contribution in [-0.2, 0) is 16.0 Å². The zero-order chi connectivity index (χ0) is 28.1. The van der Waals surface area contributed by atoms with Crippen LogP contribution in [0.5, 0.6) is 11.5 Å². The van der Waals surface area contributed by atoms with Crippen molar-refractivity contribution in [2.45, 2.75) is 50.6 Å². The zero-order valence-corrected chi connectivity index (χ0v) is 22.8. The molecule has 1 saturated carbocycles. The quantitative estimate of drug-likeness (QED) is 0.268. The number of nitrogens with one attached hydrogen (secondary N) is 2. The van der Waals surface area contributed by atoms with Crippen LogP contribution < -0.4 is 19.7 Å². The van der Waals surface area contributed by atoms with Gasteiger partial charge in [0, 0.05) is 40.5 Å². The molecule has 4 aromatic rings. The number of nitrogens with zero attached hydrogens (tertiary/aromatic N) is 1. The second-order valence-corrected chi connectivity index (χ2v) is 10.1. The number of aromatic nitrogens is 1. The van der Waals surface area contributed by atoms with E-state index in [2.05, 4.69) is 10.3 Å². The zero-order valence-electron chi connectivity index (χ0n) is 22.8. The molecule has 1 aliphatic rings. The molecule has 0 radical (unpaired) electrons. The molecule has 2 N–H and O–H groups in total. The van der Waals surface area contributed by atoms with E-state index in [0.29, 0.717) is 22.7 Å². The number of carbonyl (C=O) groups is 2. The second-order valence-electron chi connectivity index (χ2n) is 10.1. The van der Waals surface area contributed by atoms with E-state index in [9.17, 15) is 14.0 Å². The summed E-state index contributed by atoms with van der Waals surface area (Å²) in [4.78, 5) is 33.1. The van der Waals surface area contributed by atoms with Crippen LogP contribution in [0.25, 0.3) is 10.9 Å². The average molecular weight is 544 g/mol. The number of methoxy groups -OCH3 is 2. The third kappa shape index (κ3) is 5.81. The van der Waals surface area contributed by atoms with Crippen LogP contribution in [0, 0.1) is 5.82 Å². The molecule has 1 aromatic heterocycles. The van der Waals surface area contributed by atoms with E-state index in [-0.39, 0.29) is 24.3 Å². The van der Waals surface area contributed by atoms with Crippen molar-refractivity contribution in [3.63, 3.8) is 0 Å². The standard InChI is InChI=1S/C32H34FN3O4/c1-39-25-16-17-27(29(19-25)40-2)31(32(38)35-23-8-4-3-5-9-23)36(24-14-12-22(33)13-15-24)30(37)18-21-20-34-28-11-7-6-10-26(21)28/h6-7,10-17,19-20,23,31,34H,3-5,8-9,18H2,1-2H3,(H,35,38). The minimum atomic E-state index is -1.06. The van der Waals surface area contributed by atoms with Gasteiger partial charge in [-0.25, -0.2) is 4.39 Å². The van der Waals surface area contributed by atoms with Crippen molar-refractivity contribution >= 4 is 28.4 Å². The average Bonchev–Trinajstić information content (AvgIpc) is 3.39. The Bertz CT molecular complexity index is 1480. The number of ether oxygens (including phenoxy) is 2. The van der Waals surface area contributed by atoms with Crippen molar-refractivity contribution in [1.29, 1.82) is 0 Å². The molecule has 2 amide bonds. The van der Waals surface area contributed by atoms with Gasteiger partial charge in [-0.2, -0.15) is 0 Å². The molecule has 3 aromatic carbocycles. The van der Waals surface area contributed by atoms with E-state index in [0.717, 1.165) is 48.6 Å². The maximum Gasteiger partial charge on any atom is 0.248 e. The molecule has 8 heteroatoms. The van der Waals surface area contributed by atoms with Gasteiger partial charge < -0.3 is 19.8 Å². The number of benzene rings is 3. The summed E-state index contributed by atoms with van der Waals surface area (Å²) in [6.45, 7) is 0. The lowest BCUT2D eigenvalue weighted by Crippen LogP contribution is -2.47. The normalized spacial score (nSPS) is 14.5. The Morgan fingerprint density at radius 3 is 2.48 bits per heavy atom. The SMILES string of the molecule is COc1ccc(C(C(=O)NC2CCCCC2)N(C(=O)Cc2c[nH]c3ccccc23)c2ccc(F)cc2)c(OC)c1. The van der Waals surface area contributed by atoms with Crippen molar-refractivity contribution < 1.29 is 23.5 Å². The van der Waals surface area contributed by atoms with Crippen molar-refractivity contribution in [1.82, 2.24) is 10.3 Å². The fraction of sp³-hybridized carbons (Fsp3) is 0.312. The number of rotatable bonds is 9. The molecule has 1 atom stereocenters. The highest BCUT2D eigenvalue weighted by atomic mass is 19.1. The lowest BCUT2D eigenvalue weighted by Gasteiger charge is -2.34. The van der Waals surface area contributed by atoms with Gasteiger partial charge in [0.1, 0.15) is 23.4 Å². The molecule has 5 rings (SSSR count). The van der Waals surface area contributed by atoms with Crippen molar-refractivity contribution in [3.05, 3.63) is 89.9 Å². The van der Waals surface area contributed by atoms with Crippen molar-refractivity contribution in [2.24, 2.45) is 0 Å². The van der Waals surface area contributed by atoms with E-state index in [4.69, 9.17) is 9.47 Å². The number of carbonyl (C=O) groups excluding carboxylic acids is 2. The molecule has 0 saturated heterocycles. The smallest absolute Gasteiger partial charge is 0.248 e. The van der Waals surface area contributed by atoms with Gasteiger partial charge in [-0.15, -0.1) is 0 Å². The summed E-state index contributed by atoms with van der Waals surface area (Å²) in [5.74, 6) is -0.0800. The van der Waals surface area contributed by atoms with E-state index < -0.39 is 11.9 Å². The predicted molar refractivity (Wildman–Crippen MR) is 153 cm³/mol. The van der Waals surface area contributed by atoms with Gasteiger partial charge in [-0.1, -0.05) is 37.5 Å². The van der Waals surface area contributed by atoms with Crippen molar-refractivity contribution in [2.75, 3.05) is 19.1 Å². The Hall–Kier alpha value is -4.33. The van der Waals surface area contributed by atoms with E-state index in [1.807, 2.05) is 30.5 Å². The highest BCUT2D eigenvalue weighted by Crippen LogP contribution is 2.37. The molecule has 0 bridgehead atoms. The summed E-state index contributed by atoms with van der Waals surface area (Å²) in [7, 11) is 3.07. The molecule has 1 heterocycles. The number of amides is 2. The highest BCUT2D eigenvalue weighted by Gasteiger charge is 2.36. The summed E-state index contributed by atoms with van der Waals surface area (Å²) >= 11 is 0. The summed E-state index contributed by atoms with van der Waals surface area (Å²) in [5, 5.41) is 4.13. The third-order valence-corrected chi connectivity index (χ3v) is 7.58. The number of hydrogen-bond donors (Lipinski definition) is 2. The maximum absolute atomic E-state index is 14.2. The molecule has 7 nitrogen and oxygen atoms in total. The maximum atomic E-state index is 14.2. The Kier molecular flexibility index (Phi) is 8.34. The summed E-state index contributed by atoms with van der Waals surface area (Å²) in [6, 6.07) is 17.5. The number of fused-ring (bicyclic) bond motifs is 1. The van der Waals surface area contributed by atoms with Crippen LogP contribution in [0.2, 0.25) is 0 Å². The van der Waals surface area contributed by atoms with Gasteiger partial charge in [0.05, 0.1) is 20.6 Å². The van der Waals surface area contributed by atoms with Gasteiger partial charge in [0.2, 0.25) is 11.8 Å². The van der Waals surface area contributed by atoms with Gasteiger partial charge in [-0.05, 0) is 60.9 Å². The highest BCUT2D eigenvalue weighted by molar-refractivity contribution is 6.03. The molecule has 208 valence electrons. The minimum Gasteiger partial charge on any atom is -0.497 e. The first kappa shape index (κ1) is 27.2. The Labute approximate surface area is 233 Å². The first-order chi connectivity index (χ1) is 19.5. The van der Waals surface area contributed by atoms with Crippen LogP contribution in [0.15, 0.2) is 72.9 Å². The molecule has 0 aliphatic heterocycles. The van der Waals surface area contributed by atoms with E-state index >= 15 is 0 Å². The fourth-order valence-corrected chi connectivity index (χ4v) is 5.53. The lowest BCUT2D eigenvalue weighted by molar-refractivity contribution is -0.127. The van der Waals surface area contributed by atoms with Gasteiger partial charge in [-0.3, -0.25) is 14.5 Å². The Morgan fingerprint density at radius 2 is 1.75 bits per heavy atom. The number of halogens is 1. The summed E-state index contributed by atoms with van der Waals surface area (Å²) < 4.78 is 25.1. The first-order valence-electron chi connectivity index (χ1n) is 13.6. The van der Waals surface area contributed by atoms with Crippen molar-refractivity contribution in [3.8, 4) is 11.5 Å². The largest absolute Gasteiger partial charge is 0.497 e. The number of para-hydroxylation sites is 1. The molecule has 1 unspecified atom stereocenters. The van der Waals surface area contributed by atoms with Crippen LogP contribution in [0.1, 0.15) is 49.3 Å². The minimum absolute atomic E-state index is 0.0202. The van der Waals surface area contributed by atoms with Crippen LogP contribution in [-0.4, -0.2) is 37.1 Å². The number of hydrogen-bond acceptors (Lipinski definition) is 4. The second kappa shape index (κ2) is 12.2. The fourth-order valence-electron chi connectivity index (χ4n) is 5.53. The number of H-pyrrole nitrogens is 1. The van der Waals surface area contributed by atoms with E-state index in [1.165, 1.54) is 36.3 Å². The lowest BCUT2D eigenvalue weighted by atomic mass is 9.94. The molecular formula is C32H34FN3O4. The third-order valence-electron chi connectivity index (χ3n) is 7.58. The number of anilines is 1. The van der Waals surface area contributed by atoms with Crippen LogP contribution in [0.4, 0.5) is 10.1 Å². The molecule has 0 spiro atoms. The van der Waals surface area contributed by atoms with E-state index in [1.54, 1.807) is 25.3 Å². The topological polar surface area (TPSA) is 83.7 Å². The van der Waals surface area contributed by atoms with Gasteiger partial charge in [0.25, 0.3) is 0 Å². The molecule has 40 heavy (non-hydrogen) atoms.